The summed E-state index contributed by atoms with van der Waals surface area (Å²) in [4.78, 5) is 4.10. The molecule has 2 fully saturated rings. The summed E-state index contributed by atoms with van der Waals surface area (Å²) < 4.78 is 5.83. The molecule has 3 heterocycles. The molecule has 1 aromatic heterocycles. The number of nitrogen functional groups attached to an aromatic ring is 1. The van der Waals surface area contributed by atoms with Gasteiger partial charge in [0, 0.05) is 35.6 Å². The van der Waals surface area contributed by atoms with Gasteiger partial charge in [-0.25, -0.2) is 0 Å². The molecule has 4 N–H and O–H groups in total. The molecule has 2 bridgehead atoms. The fourth-order valence-electron chi connectivity index (χ4n) is 2.98. The van der Waals surface area contributed by atoms with E-state index in [4.69, 9.17) is 16.2 Å². The summed E-state index contributed by atoms with van der Waals surface area (Å²) in [5, 5.41) is 0. The first-order valence-corrected chi connectivity index (χ1v) is 5.86. The standard InChI is InChI=1S/C12H17N3O/c13-10-3-4-15-6-9(10)12(14)8-5-7-1-2-11(8)16-7/h3-4,6-8,11-12H,1-2,5,14H2,(H2,13,15). The van der Waals surface area contributed by atoms with Crippen molar-refractivity contribution in [3.63, 3.8) is 0 Å². The maximum absolute atomic E-state index is 6.29. The Balaban J connectivity index is 1.83. The number of rotatable bonds is 2. The van der Waals surface area contributed by atoms with Crippen LogP contribution >= 0.6 is 0 Å². The Hall–Kier alpha value is -1.13. The van der Waals surface area contributed by atoms with Gasteiger partial charge in [0.05, 0.1) is 12.2 Å². The molecule has 2 saturated heterocycles. The van der Waals surface area contributed by atoms with Crippen LogP contribution in [0.2, 0.25) is 0 Å². The first-order chi connectivity index (χ1) is 7.75. The quantitative estimate of drug-likeness (QED) is 0.784. The summed E-state index contributed by atoms with van der Waals surface area (Å²) in [6.07, 6.45) is 7.65. The number of nitrogens with zero attached hydrogens (tertiary/aromatic N) is 1. The number of pyridine rings is 1. The van der Waals surface area contributed by atoms with Gasteiger partial charge in [0.15, 0.2) is 0 Å². The van der Waals surface area contributed by atoms with Gasteiger partial charge in [-0.1, -0.05) is 0 Å². The van der Waals surface area contributed by atoms with Crippen molar-refractivity contribution in [2.24, 2.45) is 11.7 Å². The fraction of sp³-hybridized carbons (Fsp3) is 0.583. The van der Waals surface area contributed by atoms with Crippen LogP contribution in [0.25, 0.3) is 0 Å². The summed E-state index contributed by atoms with van der Waals surface area (Å²) in [6, 6.07) is 1.77. The van der Waals surface area contributed by atoms with Crippen molar-refractivity contribution in [2.45, 2.75) is 37.5 Å². The SMILES string of the molecule is Nc1ccncc1C(N)C1CC2CCC1O2. The molecule has 4 nitrogen and oxygen atoms in total. The van der Waals surface area contributed by atoms with E-state index in [1.165, 1.54) is 6.42 Å². The van der Waals surface area contributed by atoms with E-state index in [1.807, 2.05) is 6.07 Å². The van der Waals surface area contributed by atoms with E-state index >= 15 is 0 Å². The Labute approximate surface area is 95.0 Å². The zero-order valence-electron chi connectivity index (χ0n) is 9.17. The van der Waals surface area contributed by atoms with E-state index in [2.05, 4.69) is 4.98 Å². The molecular formula is C12H17N3O. The van der Waals surface area contributed by atoms with E-state index in [9.17, 15) is 0 Å². The van der Waals surface area contributed by atoms with Crippen LogP contribution in [0.1, 0.15) is 30.9 Å². The molecule has 4 heteroatoms. The number of hydrogen-bond donors (Lipinski definition) is 2. The first kappa shape index (κ1) is 10.1. The smallest absolute Gasteiger partial charge is 0.0627 e. The van der Waals surface area contributed by atoms with Crippen LogP contribution in [0.4, 0.5) is 5.69 Å². The molecule has 4 atom stereocenters. The van der Waals surface area contributed by atoms with Crippen molar-refractivity contribution in [1.29, 1.82) is 0 Å². The highest BCUT2D eigenvalue weighted by atomic mass is 16.5. The maximum atomic E-state index is 6.29. The van der Waals surface area contributed by atoms with Crippen LogP contribution in [0.15, 0.2) is 18.5 Å². The third kappa shape index (κ3) is 1.49. The van der Waals surface area contributed by atoms with Gasteiger partial charge in [-0.3, -0.25) is 4.98 Å². The van der Waals surface area contributed by atoms with Gasteiger partial charge < -0.3 is 16.2 Å². The molecule has 0 radical (unpaired) electrons. The van der Waals surface area contributed by atoms with E-state index < -0.39 is 0 Å². The molecule has 4 unspecified atom stereocenters. The van der Waals surface area contributed by atoms with Gasteiger partial charge in [0.25, 0.3) is 0 Å². The Morgan fingerprint density at radius 3 is 2.94 bits per heavy atom. The van der Waals surface area contributed by atoms with Crippen molar-refractivity contribution >= 4 is 5.69 Å². The second kappa shape index (κ2) is 3.71. The van der Waals surface area contributed by atoms with Crippen LogP contribution in [-0.2, 0) is 4.74 Å². The molecule has 0 saturated carbocycles. The molecule has 3 rings (SSSR count). The zero-order valence-corrected chi connectivity index (χ0v) is 9.17. The van der Waals surface area contributed by atoms with E-state index in [-0.39, 0.29) is 6.04 Å². The van der Waals surface area contributed by atoms with Crippen LogP contribution in [-0.4, -0.2) is 17.2 Å². The van der Waals surface area contributed by atoms with Crippen LogP contribution in [0.3, 0.4) is 0 Å². The topological polar surface area (TPSA) is 74.2 Å². The number of fused-ring (bicyclic) bond motifs is 2. The summed E-state index contributed by atoms with van der Waals surface area (Å²) in [7, 11) is 0. The highest BCUT2D eigenvalue weighted by Gasteiger charge is 2.44. The van der Waals surface area contributed by atoms with Gasteiger partial charge in [-0.2, -0.15) is 0 Å². The van der Waals surface area contributed by atoms with Gasteiger partial charge in [0.2, 0.25) is 0 Å². The molecular weight excluding hydrogens is 202 g/mol. The molecule has 86 valence electrons. The zero-order chi connectivity index (χ0) is 11.1. The number of nitrogens with two attached hydrogens (primary N) is 2. The lowest BCUT2D eigenvalue weighted by atomic mass is 9.81. The summed E-state index contributed by atoms with van der Waals surface area (Å²) in [5.74, 6) is 0.408. The monoisotopic (exact) mass is 219 g/mol. The average Bonchev–Trinajstić information content (AvgIpc) is 2.90. The van der Waals surface area contributed by atoms with E-state index in [1.54, 1.807) is 12.4 Å². The Morgan fingerprint density at radius 2 is 2.31 bits per heavy atom. The Bertz CT molecular complexity index is 396. The second-order valence-corrected chi connectivity index (χ2v) is 4.80. The lowest BCUT2D eigenvalue weighted by Crippen LogP contribution is -2.30. The first-order valence-electron chi connectivity index (χ1n) is 5.86. The minimum Gasteiger partial charge on any atom is -0.398 e. The van der Waals surface area contributed by atoms with E-state index in [0.717, 1.165) is 24.1 Å². The molecule has 2 aliphatic heterocycles. The predicted octanol–water partition coefficient (Wildman–Crippen LogP) is 1.23. The number of ether oxygens (including phenoxy) is 1. The van der Waals surface area contributed by atoms with Crippen LogP contribution in [0.5, 0.6) is 0 Å². The minimum absolute atomic E-state index is 0.0380. The molecule has 1 aromatic rings. The van der Waals surface area contributed by atoms with Crippen LogP contribution < -0.4 is 11.5 Å². The maximum Gasteiger partial charge on any atom is 0.0627 e. The van der Waals surface area contributed by atoms with Crippen molar-refractivity contribution in [1.82, 2.24) is 4.98 Å². The van der Waals surface area contributed by atoms with Gasteiger partial charge >= 0.3 is 0 Å². The molecule has 0 aromatic carbocycles. The lowest BCUT2D eigenvalue weighted by Gasteiger charge is -2.26. The summed E-state index contributed by atoms with van der Waals surface area (Å²) in [6.45, 7) is 0. The van der Waals surface area contributed by atoms with Crippen LogP contribution in [0, 0.1) is 5.92 Å². The van der Waals surface area contributed by atoms with Gasteiger partial charge in [-0.05, 0) is 25.3 Å². The van der Waals surface area contributed by atoms with Gasteiger partial charge in [-0.15, -0.1) is 0 Å². The lowest BCUT2D eigenvalue weighted by molar-refractivity contribution is 0.0885. The normalized spacial score (nSPS) is 34.2. The van der Waals surface area contributed by atoms with Crippen molar-refractivity contribution in [3.8, 4) is 0 Å². The van der Waals surface area contributed by atoms with Crippen molar-refractivity contribution in [2.75, 3.05) is 5.73 Å². The highest BCUT2D eigenvalue weighted by molar-refractivity contribution is 5.46. The fourth-order valence-corrected chi connectivity index (χ4v) is 2.98. The van der Waals surface area contributed by atoms with Crippen molar-refractivity contribution in [3.05, 3.63) is 24.0 Å². The summed E-state index contributed by atoms with van der Waals surface area (Å²) >= 11 is 0. The Morgan fingerprint density at radius 1 is 1.44 bits per heavy atom. The molecule has 16 heavy (non-hydrogen) atoms. The highest BCUT2D eigenvalue weighted by Crippen LogP contribution is 2.44. The molecule has 0 amide bonds. The second-order valence-electron chi connectivity index (χ2n) is 4.80. The molecule has 2 aliphatic rings. The molecule has 0 aliphatic carbocycles. The largest absolute Gasteiger partial charge is 0.398 e. The number of aromatic nitrogens is 1. The third-order valence-corrected chi connectivity index (χ3v) is 3.86. The number of anilines is 1. The minimum atomic E-state index is -0.0380. The predicted molar refractivity (Wildman–Crippen MR) is 61.6 cm³/mol. The Kier molecular flexibility index (Phi) is 2.33. The average molecular weight is 219 g/mol. The molecule has 0 spiro atoms. The van der Waals surface area contributed by atoms with E-state index in [0.29, 0.717) is 18.1 Å². The van der Waals surface area contributed by atoms with Gasteiger partial charge in [0.1, 0.15) is 0 Å². The van der Waals surface area contributed by atoms with Crippen molar-refractivity contribution < 1.29 is 4.74 Å². The summed E-state index contributed by atoms with van der Waals surface area (Å²) in [5.41, 5.74) is 13.9. The third-order valence-electron chi connectivity index (χ3n) is 3.86. The number of hydrogen-bond acceptors (Lipinski definition) is 4.